The lowest BCUT2D eigenvalue weighted by atomic mass is 9.79. The van der Waals surface area contributed by atoms with Gasteiger partial charge in [0.2, 0.25) is 11.8 Å². The third kappa shape index (κ3) is 5.43. The Morgan fingerprint density at radius 1 is 0.898 bits per heavy atom. The van der Waals surface area contributed by atoms with E-state index < -0.39 is 0 Å². The quantitative estimate of drug-likeness (QED) is 0.221. The molecule has 2 aromatic heterocycles. The number of hydrogen-bond acceptors (Lipinski definition) is 9. The second-order valence-electron chi connectivity index (χ2n) is 12.8. The molecular formula is C37H36ClN7O4. The van der Waals surface area contributed by atoms with Crippen LogP contribution in [0.4, 0.5) is 0 Å². The Labute approximate surface area is 288 Å². The van der Waals surface area contributed by atoms with Crippen LogP contribution in [0.1, 0.15) is 17.5 Å². The molecule has 250 valence electrons. The standard InChI is InChI=1S/C37H36ClN7O4/c1-47-31-14-22(15-32(48-2)28(31)18-44-20-37(21-44)16-33(46)41-19-37)45-30-9-5-6-23(27(30)17-42-45)24-7-4-8-25(34(24)38)29-11-10-26(36(43-29)49-3)35-39-12-13-40-35/h4-11,14-15,17H,12-13,16,18-21H2,1-3H3,(H,39,40)(H,41,46). The van der Waals surface area contributed by atoms with E-state index in [-0.39, 0.29) is 11.3 Å². The lowest BCUT2D eigenvalue weighted by Gasteiger charge is -2.47. The largest absolute Gasteiger partial charge is 0.496 e. The molecule has 0 unspecified atom stereocenters. The summed E-state index contributed by atoms with van der Waals surface area (Å²) in [4.78, 5) is 23.5. The van der Waals surface area contributed by atoms with Gasteiger partial charge in [-0.3, -0.25) is 14.7 Å². The zero-order chi connectivity index (χ0) is 33.7. The summed E-state index contributed by atoms with van der Waals surface area (Å²) < 4.78 is 19.3. The summed E-state index contributed by atoms with van der Waals surface area (Å²) in [5.41, 5.74) is 6.87. The van der Waals surface area contributed by atoms with Crippen LogP contribution >= 0.6 is 11.6 Å². The number of benzene rings is 3. The predicted molar refractivity (Wildman–Crippen MR) is 189 cm³/mol. The lowest BCUT2D eigenvalue weighted by molar-refractivity contribution is -0.120. The molecule has 1 spiro atoms. The fourth-order valence-corrected chi connectivity index (χ4v) is 7.72. The summed E-state index contributed by atoms with van der Waals surface area (Å²) in [5.74, 6) is 2.85. The average Bonchev–Trinajstić information content (AvgIpc) is 3.89. The molecule has 3 aliphatic rings. The molecule has 2 saturated heterocycles. The van der Waals surface area contributed by atoms with Crippen LogP contribution in [0.25, 0.3) is 39.0 Å². The molecular weight excluding hydrogens is 642 g/mol. The highest BCUT2D eigenvalue weighted by atomic mass is 35.5. The fourth-order valence-electron chi connectivity index (χ4n) is 7.40. The number of pyridine rings is 1. The number of carbonyl (C=O) groups excluding carboxylic acids is 1. The van der Waals surface area contributed by atoms with Gasteiger partial charge in [0.05, 0.1) is 67.1 Å². The number of amides is 1. The molecule has 5 heterocycles. The normalized spacial score (nSPS) is 16.7. The molecule has 3 aliphatic heterocycles. The summed E-state index contributed by atoms with van der Waals surface area (Å²) >= 11 is 7.16. The first-order valence-corrected chi connectivity index (χ1v) is 16.6. The summed E-state index contributed by atoms with van der Waals surface area (Å²) in [5, 5.41) is 12.6. The van der Waals surface area contributed by atoms with E-state index in [0.29, 0.717) is 29.6 Å². The molecule has 1 amide bonds. The monoisotopic (exact) mass is 677 g/mol. The lowest BCUT2D eigenvalue weighted by Crippen LogP contribution is -2.56. The zero-order valence-electron chi connectivity index (χ0n) is 27.5. The van der Waals surface area contributed by atoms with Gasteiger partial charge in [-0.05, 0) is 23.8 Å². The second-order valence-corrected chi connectivity index (χ2v) is 13.2. The maximum absolute atomic E-state index is 11.8. The van der Waals surface area contributed by atoms with Crippen LogP contribution in [0.2, 0.25) is 5.02 Å². The number of aliphatic imine (C=N–C) groups is 1. The van der Waals surface area contributed by atoms with Crippen molar-refractivity contribution in [1.82, 2.24) is 30.3 Å². The molecule has 8 rings (SSSR count). The number of hydrogen-bond donors (Lipinski definition) is 2. The summed E-state index contributed by atoms with van der Waals surface area (Å²) in [6.45, 7) is 4.65. The van der Waals surface area contributed by atoms with E-state index in [1.165, 1.54) is 0 Å². The Morgan fingerprint density at radius 2 is 1.65 bits per heavy atom. The number of aromatic nitrogens is 3. The summed E-state index contributed by atoms with van der Waals surface area (Å²) in [6.07, 6.45) is 2.45. The summed E-state index contributed by atoms with van der Waals surface area (Å²) in [7, 11) is 4.95. The maximum Gasteiger partial charge on any atom is 0.224 e. The highest BCUT2D eigenvalue weighted by Crippen LogP contribution is 2.42. The van der Waals surface area contributed by atoms with Gasteiger partial charge >= 0.3 is 0 Å². The zero-order valence-corrected chi connectivity index (χ0v) is 28.3. The molecule has 3 aromatic carbocycles. The van der Waals surface area contributed by atoms with Crippen molar-refractivity contribution in [3.05, 3.63) is 83.0 Å². The Hall–Kier alpha value is -5.13. The number of carbonyl (C=O) groups is 1. The first-order chi connectivity index (χ1) is 23.9. The van der Waals surface area contributed by atoms with Gasteiger partial charge in [-0.2, -0.15) is 5.10 Å². The Bertz CT molecular complexity index is 2110. The molecule has 49 heavy (non-hydrogen) atoms. The number of nitrogens with one attached hydrogen (secondary N) is 2. The van der Waals surface area contributed by atoms with Gasteiger partial charge in [0, 0.05) is 73.2 Å². The van der Waals surface area contributed by atoms with E-state index in [2.05, 4.69) is 26.6 Å². The highest BCUT2D eigenvalue weighted by molar-refractivity contribution is 6.36. The van der Waals surface area contributed by atoms with Crippen molar-refractivity contribution in [2.45, 2.75) is 13.0 Å². The summed E-state index contributed by atoms with van der Waals surface area (Å²) in [6, 6.07) is 20.0. The number of ether oxygens (including phenoxy) is 3. The number of fused-ring (bicyclic) bond motifs is 1. The van der Waals surface area contributed by atoms with Crippen molar-refractivity contribution in [3.63, 3.8) is 0 Å². The molecule has 12 heteroatoms. The molecule has 5 aromatic rings. The minimum Gasteiger partial charge on any atom is -0.496 e. The first kappa shape index (κ1) is 31.2. The predicted octanol–water partition coefficient (Wildman–Crippen LogP) is 5.11. The van der Waals surface area contributed by atoms with Crippen molar-refractivity contribution in [3.8, 4) is 45.5 Å². The van der Waals surface area contributed by atoms with Gasteiger partial charge < -0.3 is 24.8 Å². The van der Waals surface area contributed by atoms with Crippen LogP contribution in [0.5, 0.6) is 17.4 Å². The molecule has 0 saturated carbocycles. The topological polar surface area (TPSA) is 115 Å². The highest BCUT2D eigenvalue weighted by Gasteiger charge is 2.48. The molecule has 2 fully saturated rings. The van der Waals surface area contributed by atoms with Gasteiger partial charge in [0.25, 0.3) is 0 Å². The number of rotatable bonds is 9. The smallest absolute Gasteiger partial charge is 0.224 e. The molecule has 2 N–H and O–H groups in total. The van der Waals surface area contributed by atoms with E-state index in [1.54, 1.807) is 21.3 Å². The van der Waals surface area contributed by atoms with Crippen LogP contribution < -0.4 is 24.8 Å². The first-order valence-electron chi connectivity index (χ1n) is 16.2. The van der Waals surface area contributed by atoms with Gasteiger partial charge in [-0.25, -0.2) is 9.67 Å². The second kappa shape index (κ2) is 12.4. The Morgan fingerprint density at radius 3 is 2.35 bits per heavy atom. The van der Waals surface area contributed by atoms with E-state index >= 15 is 0 Å². The van der Waals surface area contributed by atoms with Gasteiger partial charge in [0.15, 0.2) is 0 Å². The molecule has 0 radical (unpaired) electrons. The van der Waals surface area contributed by atoms with Crippen molar-refractivity contribution in [2.75, 3.05) is 54.1 Å². The van der Waals surface area contributed by atoms with Crippen molar-refractivity contribution in [1.29, 1.82) is 0 Å². The van der Waals surface area contributed by atoms with E-state index in [9.17, 15) is 4.79 Å². The van der Waals surface area contributed by atoms with Crippen LogP contribution in [-0.4, -0.2) is 85.5 Å². The molecule has 0 atom stereocenters. The molecule has 11 nitrogen and oxygen atoms in total. The van der Waals surface area contributed by atoms with Crippen LogP contribution in [0, 0.1) is 5.41 Å². The van der Waals surface area contributed by atoms with Gasteiger partial charge in [0.1, 0.15) is 17.3 Å². The van der Waals surface area contributed by atoms with Gasteiger partial charge in [-0.15, -0.1) is 0 Å². The maximum atomic E-state index is 11.8. The van der Waals surface area contributed by atoms with Crippen molar-refractivity contribution < 1.29 is 19.0 Å². The minimum absolute atomic E-state index is 0.0437. The number of nitrogens with zero attached hydrogens (tertiary/aromatic N) is 5. The minimum atomic E-state index is 0.0437. The third-order valence-corrected chi connectivity index (χ3v) is 10.1. The van der Waals surface area contributed by atoms with E-state index in [1.807, 2.05) is 65.5 Å². The average molecular weight is 678 g/mol. The van der Waals surface area contributed by atoms with Crippen LogP contribution in [0.3, 0.4) is 0 Å². The number of methoxy groups -OCH3 is 3. The number of halogens is 1. The Kier molecular flexibility index (Phi) is 7.88. The van der Waals surface area contributed by atoms with Crippen LogP contribution in [-0.2, 0) is 11.3 Å². The van der Waals surface area contributed by atoms with Crippen molar-refractivity contribution >= 4 is 34.2 Å². The SMILES string of the molecule is COc1cc(-n2ncc3c(-c4cccc(-c5ccc(C6=NCCN6)c(OC)n5)c4Cl)cccc32)cc(OC)c1CN1CC2(CNC(=O)C2)C1. The number of amidine groups is 1. The van der Waals surface area contributed by atoms with E-state index in [0.717, 1.165) is 94.5 Å². The Balaban J connectivity index is 1.12. The van der Waals surface area contributed by atoms with Gasteiger partial charge in [-0.1, -0.05) is 41.9 Å². The third-order valence-electron chi connectivity index (χ3n) is 9.69. The fraction of sp³-hybridized carbons (Fsp3) is 0.297. The van der Waals surface area contributed by atoms with Crippen molar-refractivity contribution in [2.24, 2.45) is 10.4 Å². The van der Waals surface area contributed by atoms with Crippen LogP contribution in [0.15, 0.2) is 71.9 Å². The number of likely N-dealkylation sites (tertiary alicyclic amines) is 1. The van der Waals surface area contributed by atoms with E-state index in [4.69, 9.17) is 35.9 Å². The molecule has 0 bridgehead atoms. The molecule has 0 aliphatic carbocycles.